The number of ether oxygens (including phenoxy) is 2. The average Bonchev–Trinajstić information content (AvgIpc) is 3.58. The molecule has 11 nitrogen and oxygen atoms in total. The van der Waals surface area contributed by atoms with E-state index >= 15 is 0 Å². The summed E-state index contributed by atoms with van der Waals surface area (Å²) < 4.78 is 24.9. The number of aromatic nitrogens is 3. The van der Waals surface area contributed by atoms with Crippen LogP contribution in [0.25, 0.3) is 5.52 Å². The molecule has 2 aromatic heterocycles. The van der Waals surface area contributed by atoms with Crippen LogP contribution in [0.15, 0.2) is 36.7 Å². The number of unbranched alkanes of at least 4 members (excludes halogenated alkanes) is 14. The SMILES string of the molecule is CCCCCCCCCCCCCCCCCC(COP(O)OCC(C#N)(CCc1ccc2c(N)ncnn12)OC)OCc1cc(Cl)cc(C#N)c1. The van der Waals surface area contributed by atoms with Crippen LogP contribution in [-0.4, -0.2) is 51.5 Å². The molecule has 1 aromatic carbocycles. The van der Waals surface area contributed by atoms with Gasteiger partial charge in [-0.25, -0.2) is 9.50 Å². The summed E-state index contributed by atoms with van der Waals surface area (Å²) in [6.07, 6.45) is 21.9. The minimum absolute atomic E-state index is 0.107. The molecular formula is C39H58ClN6O5P. The molecule has 3 N–H and O–H groups in total. The van der Waals surface area contributed by atoms with Gasteiger partial charge in [0.05, 0.1) is 37.6 Å². The molecule has 0 aliphatic heterocycles. The van der Waals surface area contributed by atoms with Gasteiger partial charge in [0.25, 0.3) is 0 Å². The summed E-state index contributed by atoms with van der Waals surface area (Å²) in [6, 6.07) is 13.2. The predicted octanol–water partition coefficient (Wildman–Crippen LogP) is 9.78. The van der Waals surface area contributed by atoms with Crippen LogP contribution in [0.1, 0.15) is 133 Å². The first-order chi connectivity index (χ1) is 25.3. The van der Waals surface area contributed by atoms with Crippen molar-refractivity contribution < 1.29 is 23.4 Å². The fourth-order valence-corrected chi connectivity index (χ4v) is 7.15. The van der Waals surface area contributed by atoms with Crippen molar-refractivity contribution in [3.05, 3.63) is 58.5 Å². The highest BCUT2D eigenvalue weighted by Gasteiger charge is 2.32. The highest BCUT2D eigenvalue weighted by atomic mass is 35.5. The molecule has 3 aromatic rings. The Labute approximate surface area is 316 Å². The second-order valence-corrected chi connectivity index (χ2v) is 14.9. The maximum Gasteiger partial charge on any atom is 0.330 e. The van der Waals surface area contributed by atoms with E-state index in [2.05, 4.69) is 29.1 Å². The number of nitriles is 2. The number of methoxy groups -OCH3 is 1. The lowest BCUT2D eigenvalue weighted by molar-refractivity contribution is -0.0212. The molecule has 0 saturated carbocycles. The fourth-order valence-electron chi connectivity index (χ4n) is 6.21. The summed E-state index contributed by atoms with van der Waals surface area (Å²) in [4.78, 5) is 14.7. The van der Waals surface area contributed by atoms with Crippen molar-refractivity contribution in [2.75, 3.05) is 26.1 Å². The van der Waals surface area contributed by atoms with Gasteiger partial charge in [0.2, 0.25) is 0 Å². The van der Waals surface area contributed by atoms with Crippen molar-refractivity contribution in [3.8, 4) is 12.1 Å². The molecule has 0 radical (unpaired) electrons. The number of hydrogen-bond donors (Lipinski definition) is 2. The van der Waals surface area contributed by atoms with Crippen LogP contribution in [0, 0.1) is 22.7 Å². The fraction of sp³-hybridized carbons (Fsp3) is 0.641. The molecule has 2 heterocycles. The standard InChI is InChI=1S/C39H58ClN6O5P/c1-3-4-5-6-7-8-9-10-11-12-13-14-15-16-17-18-36(49-27-33-23-32(26-41)24-34(40)25-33)28-50-52(47)51-30-39(29-42,48-2)22-21-35-19-20-37-38(43)44-31-45-46(35)37/h19-20,23-25,31,36,47H,3-18,21-22,27-28,30H2,1-2H3,(H2,43,44,45). The summed E-state index contributed by atoms with van der Waals surface area (Å²) in [5, 5.41) is 24.1. The van der Waals surface area contributed by atoms with Crippen LogP contribution >= 0.6 is 20.2 Å². The quantitative estimate of drug-likeness (QED) is 0.0515. The molecule has 3 unspecified atom stereocenters. The number of nitrogens with two attached hydrogens (primary N) is 1. The molecule has 13 heteroatoms. The summed E-state index contributed by atoms with van der Waals surface area (Å²) in [7, 11) is -0.869. The van der Waals surface area contributed by atoms with E-state index in [4.69, 9.17) is 35.9 Å². The maximum absolute atomic E-state index is 10.7. The van der Waals surface area contributed by atoms with Gasteiger partial charge in [0, 0.05) is 17.8 Å². The van der Waals surface area contributed by atoms with Crippen molar-refractivity contribution in [2.24, 2.45) is 0 Å². The van der Waals surface area contributed by atoms with Crippen LogP contribution in [0.3, 0.4) is 0 Å². The van der Waals surface area contributed by atoms with E-state index in [0.717, 1.165) is 30.5 Å². The molecule has 0 aliphatic rings. The van der Waals surface area contributed by atoms with Crippen LogP contribution in [0.2, 0.25) is 5.02 Å². The van der Waals surface area contributed by atoms with Gasteiger partial charge in [-0.1, -0.05) is 115 Å². The zero-order chi connectivity index (χ0) is 37.4. The average molecular weight is 757 g/mol. The van der Waals surface area contributed by atoms with Crippen molar-refractivity contribution in [3.63, 3.8) is 0 Å². The molecule has 0 fully saturated rings. The summed E-state index contributed by atoms with van der Waals surface area (Å²) >= 11 is 6.21. The topological polar surface area (TPSA) is 161 Å². The van der Waals surface area contributed by atoms with E-state index < -0.39 is 14.2 Å². The Kier molecular flexibility index (Phi) is 21.1. The second-order valence-electron chi connectivity index (χ2n) is 13.5. The molecule has 3 rings (SSSR count). The summed E-state index contributed by atoms with van der Waals surface area (Å²) in [5.41, 5.74) is 7.41. The Bertz CT molecular complexity index is 1530. The Hall–Kier alpha value is -2.86. The first-order valence-corrected chi connectivity index (χ1v) is 20.4. The first-order valence-electron chi connectivity index (χ1n) is 18.9. The second kappa shape index (κ2) is 25.2. The van der Waals surface area contributed by atoms with Crippen LogP contribution < -0.4 is 5.73 Å². The lowest BCUT2D eigenvalue weighted by Gasteiger charge is -2.26. The number of anilines is 1. The summed E-state index contributed by atoms with van der Waals surface area (Å²) in [6.45, 7) is 2.43. The van der Waals surface area contributed by atoms with Crippen molar-refractivity contribution >= 4 is 31.5 Å². The highest BCUT2D eigenvalue weighted by Crippen LogP contribution is 2.36. The Morgan fingerprint density at radius 2 is 1.60 bits per heavy atom. The van der Waals surface area contributed by atoms with Gasteiger partial charge in [-0.05, 0) is 55.2 Å². The van der Waals surface area contributed by atoms with Gasteiger partial charge in [-0.15, -0.1) is 0 Å². The van der Waals surface area contributed by atoms with Crippen molar-refractivity contribution in [1.29, 1.82) is 10.5 Å². The minimum Gasteiger partial charge on any atom is -0.382 e. The van der Waals surface area contributed by atoms with Gasteiger partial charge < -0.3 is 29.1 Å². The molecule has 0 bridgehead atoms. The number of nitrogen functional groups attached to an aromatic ring is 1. The Morgan fingerprint density at radius 1 is 0.942 bits per heavy atom. The summed E-state index contributed by atoms with van der Waals surface area (Å²) in [5.74, 6) is 0.368. The Morgan fingerprint density at radius 3 is 2.21 bits per heavy atom. The number of nitrogens with zero attached hydrogens (tertiary/aromatic N) is 5. The van der Waals surface area contributed by atoms with Gasteiger partial charge in [0.1, 0.15) is 17.9 Å². The predicted molar refractivity (Wildman–Crippen MR) is 206 cm³/mol. The lowest BCUT2D eigenvalue weighted by Crippen LogP contribution is -2.35. The third-order valence-corrected chi connectivity index (χ3v) is 10.4. The number of fused-ring (bicyclic) bond motifs is 1. The molecule has 0 amide bonds. The number of halogens is 1. The normalized spacial score (nSPS) is 13.8. The first kappa shape index (κ1) is 43.5. The van der Waals surface area contributed by atoms with E-state index in [9.17, 15) is 15.4 Å². The molecule has 0 spiro atoms. The Balaban J connectivity index is 1.42. The van der Waals surface area contributed by atoms with E-state index in [-0.39, 0.29) is 32.3 Å². The number of hydrogen-bond acceptors (Lipinski definition) is 10. The third-order valence-electron chi connectivity index (χ3n) is 9.42. The smallest absolute Gasteiger partial charge is 0.330 e. The van der Waals surface area contributed by atoms with E-state index in [1.54, 1.807) is 22.7 Å². The van der Waals surface area contributed by atoms with E-state index in [0.29, 0.717) is 28.3 Å². The molecule has 0 saturated heterocycles. The monoisotopic (exact) mass is 756 g/mol. The van der Waals surface area contributed by atoms with Gasteiger partial charge in [-0.3, -0.25) is 0 Å². The molecular weight excluding hydrogens is 699 g/mol. The molecule has 3 atom stereocenters. The molecule has 286 valence electrons. The van der Waals surface area contributed by atoms with Crippen LogP contribution in [-0.2, 0) is 31.5 Å². The van der Waals surface area contributed by atoms with Gasteiger partial charge >= 0.3 is 8.60 Å². The van der Waals surface area contributed by atoms with Crippen molar-refractivity contribution in [2.45, 2.75) is 141 Å². The van der Waals surface area contributed by atoms with Crippen molar-refractivity contribution in [1.82, 2.24) is 14.6 Å². The zero-order valence-electron chi connectivity index (χ0n) is 31.1. The van der Waals surface area contributed by atoms with E-state index in [1.165, 1.54) is 96.9 Å². The number of rotatable bonds is 29. The number of aryl methyl sites for hydroxylation is 1. The van der Waals surface area contributed by atoms with Crippen LogP contribution in [0.4, 0.5) is 5.82 Å². The lowest BCUT2D eigenvalue weighted by atomic mass is 9.99. The minimum atomic E-state index is -2.31. The maximum atomic E-state index is 10.7. The van der Waals surface area contributed by atoms with Gasteiger partial charge in [-0.2, -0.15) is 15.6 Å². The van der Waals surface area contributed by atoms with Crippen LogP contribution in [0.5, 0.6) is 0 Å². The largest absolute Gasteiger partial charge is 0.382 e. The highest BCUT2D eigenvalue weighted by molar-refractivity contribution is 7.40. The number of benzene rings is 1. The van der Waals surface area contributed by atoms with E-state index in [1.807, 2.05) is 12.1 Å². The molecule has 52 heavy (non-hydrogen) atoms. The third kappa shape index (κ3) is 16.0. The molecule has 0 aliphatic carbocycles. The zero-order valence-corrected chi connectivity index (χ0v) is 32.8. The van der Waals surface area contributed by atoms with Gasteiger partial charge in [0.15, 0.2) is 11.4 Å².